The summed E-state index contributed by atoms with van der Waals surface area (Å²) in [5.41, 5.74) is 0.298. The van der Waals surface area contributed by atoms with Gasteiger partial charge in [-0.05, 0) is 6.08 Å². The van der Waals surface area contributed by atoms with Gasteiger partial charge in [-0.1, -0.05) is 13.0 Å². The number of carbonyl (C=O) groups is 1. The van der Waals surface area contributed by atoms with Gasteiger partial charge in [0.1, 0.15) is 0 Å². The summed E-state index contributed by atoms with van der Waals surface area (Å²) >= 11 is 0. The fourth-order valence-corrected chi connectivity index (χ4v) is 2.60. The molecule has 0 aliphatic heterocycles. The van der Waals surface area contributed by atoms with E-state index in [4.69, 9.17) is 10.7 Å². The van der Waals surface area contributed by atoms with Crippen LogP contribution in [-0.4, -0.2) is 21.5 Å². The summed E-state index contributed by atoms with van der Waals surface area (Å²) < 4.78 is 26.5. The molecule has 6 heteroatoms. The molecule has 78 valence electrons. The third kappa shape index (κ3) is 1.99. The van der Waals surface area contributed by atoms with Crippen molar-refractivity contribution >= 4 is 25.7 Å². The highest BCUT2D eigenvalue weighted by atomic mass is 35.7. The molecule has 1 aliphatic carbocycles. The fraction of sp³-hybridized carbons (Fsp3) is 0.375. The number of carbonyl (C=O) groups excluding carboxylic acids is 1. The third-order valence-corrected chi connectivity index (χ3v) is 3.61. The summed E-state index contributed by atoms with van der Waals surface area (Å²) in [7, 11) is 2.65. The highest BCUT2D eigenvalue weighted by Crippen LogP contribution is 2.32. The van der Waals surface area contributed by atoms with Gasteiger partial charge in [0.25, 0.3) is 9.05 Å². The molecule has 14 heavy (non-hydrogen) atoms. The van der Waals surface area contributed by atoms with Crippen LogP contribution < -0.4 is 0 Å². The SMILES string of the molecule is COC(=O)C1=CC=C(S(=O)(=O)Cl)C1C. The van der Waals surface area contributed by atoms with Crippen LogP contribution in [0.4, 0.5) is 0 Å². The van der Waals surface area contributed by atoms with E-state index in [-0.39, 0.29) is 4.91 Å². The molecule has 0 aromatic heterocycles. The first-order chi connectivity index (χ1) is 6.38. The Morgan fingerprint density at radius 2 is 2.07 bits per heavy atom. The number of hydrogen-bond acceptors (Lipinski definition) is 4. The maximum absolute atomic E-state index is 11.1. The molecule has 0 aromatic carbocycles. The Morgan fingerprint density at radius 1 is 1.50 bits per heavy atom. The molecule has 1 atom stereocenters. The van der Waals surface area contributed by atoms with E-state index in [1.165, 1.54) is 19.3 Å². The van der Waals surface area contributed by atoms with E-state index in [0.29, 0.717) is 5.57 Å². The predicted molar refractivity (Wildman–Crippen MR) is 52.1 cm³/mol. The first-order valence-corrected chi connectivity index (χ1v) is 6.13. The molecule has 1 unspecified atom stereocenters. The minimum absolute atomic E-state index is 0.0274. The zero-order valence-electron chi connectivity index (χ0n) is 7.65. The minimum atomic E-state index is -3.75. The second-order valence-electron chi connectivity index (χ2n) is 2.84. The van der Waals surface area contributed by atoms with Crippen molar-refractivity contribution < 1.29 is 17.9 Å². The summed E-state index contributed by atoms with van der Waals surface area (Å²) in [5, 5.41) is 0. The Bertz CT molecular complexity index is 419. The van der Waals surface area contributed by atoms with E-state index in [1.807, 2.05) is 0 Å². The summed E-state index contributed by atoms with van der Waals surface area (Å²) in [6.45, 7) is 1.58. The maximum atomic E-state index is 11.1. The number of esters is 1. The maximum Gasteiger partial charge on any atom is 0.334 e. The van der Waals surface area contributed by atoms with Crippen molar-refractivity contribution in [1.29, 1.82) is 0 Å². The molecule has 0 amide bonds. The van der Waals surface area contributed by atoms with Crippen molar-refractivity contribution in [3.05, 3.63) is 22.6 Å². The Kier molecular flexibility index (Phi) is 3.01. The fourth-order valence-electron chi connectivity index (χ4n) is 1.27. The standard InChI is InChI=1S/C8H9ClO4S/c1-5-6(8(10)13-2)3-4-7(5)14(9,11)12/h3-5H,1-2H3. The van der Waals surface area contributed by atoms with Crippen LogP contribution >= 0.6 is 10.7 Å². The summed E-state index contributed by atoms with van der Waals surface area (Å²) in [4.78, 5) is 11.2. The van der Waals surface area contributed by atoms with Gasteiger partial charge in [0.15, 0.2) is 0 Å². The molecule has 0 spiro atoms. The summed E-state index contributed by atoms with van der Waals surface area (Å²) in [5.74, 6) is -1.07. The number of halogens is 1. The van der Waals surface area contributed by atoms with E-state index in [9.17, 15) is 13.2 Å². The van der Waals surface area contributed by atoms with E-state index < -0.39 is 20.9 Å². The Labute approximate surface area is 86.6 Å². The van der Waals surface area contributed by atoms with Gasteiger partial charge in [-0.25, -0.2) is 13.2 Å². The smallest absolute Gasteiger partial charge is 0.334 e. The van der Waals surface area contributed by atoms with Gasteiger partial charge in [-0.2, -0.15) is 0 Å². The first-order valence-electron chi connectivity index (χ1n) is 3.82. The Hall–Kier alpha value is -0.810. The van der Waals surface area contributed by atoms with Crippen LogP contribution in [-0.2, 0) is 18.6 Å². The van der Waals surface area contributed by atoms with Gasteiger partial charge >= 0.3 is 5.97 Å². The lowest BCUT2D eigenvalue weighted by atomic mass is 10.1. The Balaban J connectivity index is 2.95. The van der Waals surface area contributed by atoms with Crippen LogP contribution in [0.2, 0.25) is 0 Å². The quantitative estimate of drug-likeness (QED) is 0.534. The minimum Gasteiger partial charge on any atom is -0.466 e. The molecule has 0 aromatic rings. The van der Waals surface area contributed by atoms with Gasteiger partial charge in [0.2, 0.25) is 0 Å². The first kappa shape index (κ1) is 11.3. The highest BCUT2D eigenvalue weighted by molar-refractivity contribution is 8.16. The van der Waals surface area contributed by atoms with Crippen molar-refractivity contribution in [1.82, 2.24) is 0 Å². The van der Waals surface area contributed by atoms with E-state index in [2.05, 4.69) is 4.74 Å². The number of rotatable bonds is 2. The van der Waals surface area contributed by atoms with Crippen LogP contribution in [0, 0.1) is 5.92 Å². The van der Waals surface area contributed by atoms with Crippen molar-refractivity contribution in [3.8, 4) is 0 Å². The van der Waals surface area contributed by atoms with Crippen LogP contribution in [0.3, 0.4) is 0 Å². The van der Waals surface area contributed by atoms with Gasteiger partial charge in [-0.15, -0.1) is 0 Å². The van der Waals surface area contributed by atoms with Gasteiger partial charge in [0.05, 0.1) is 12.0 Å². The third-order valence-electron chi connectivity index (χ3n) is 2.02. The van der Waals surface area contributed by atoms with Crippen molar-refractivity contribution in [3.63, 3.8) is 0 Å². The van der Waals surface area contributed by atoms with Gasteiger partial charge in [0, 0.05) is 22.2 Å². The van der Waals surface area contributed by atoms with Crippen molar-refractivity contribution in [2.24, 2.45) is 5.92 Å². The summed E-state index contributed by atoms with van der Waals surface area (Å²) in [6, 6.07) is 0. The van der Waals surface area contributed by atoms with Crippen molar-refractivity contribution in [2.75, 3.05) is 7.11 Å². The van der Waals surface area contributed by atoms with E-state index in [1.54, 1.807) is 6.92 Å². The number of hydrogen-bond donors (Lipinski definition) is 0. The Morgan fingerprint density at radius 3 is 2.43 bits per heavy atom. The van der Waals surface area contributed by atoms with Crippen LogP contribution in [0.1, 0.15) is 6.92 Å². The highest BCUT2D eigenvalue weighted by Gasteiger charge is 2.31. The van der Waals surface area contributed by atoms with Crippen LogP contribution in [0.5, 0.6) is 0 Å². The average molecular weight is 237 g/mol. The average Bonchev–Trinajstić information content (AvgIpc) is 2.45. The lowest BCUT2D eigenvalue weighted by molar-refractivity contribution is -0.136. The molecule has 4 nitrogen and oxygen atoms in total. The zero-order chi connectivity index (χ0) is 10.9. The molecule has 0 saturated carbocycles. The van der Waals surface area contributed by atoms with Gasteiger partial charge < -0.3 is 4.74 Å². The monoisotopic (exact) mass is 236 g/mol. The molecule has 0 heterocycles. The molecule has 0 radical (unpaired) electrons. The normalized spacial score (nSPS) is 21.5. The predicted octanol–water partition coefficient (Wildman–Crippen LogP) is 1.19. The second-order valence-corrected chi connectivity index (χ2v) is 5.41. The molecule has 0 fully saturated rings. The molecule has 1 rings (SSSR count). The molecule has 0 bridgehead atoms. The largest absolute Gasteiger partial charge is 0.466 e. The number of ether oxygens (including phenoxy) is 1. The molecule has 0 saturated heterocycles. The van der Waals surface area contributed by atoms with Crippen molar-refractivity contribution in [2.45, 2.75) is 6.92 Å². The van der Waals surface area contributed by atoms with E-state index in [0.717, 1.165) is 0 Å². The van der Waals surface area contributed by atoms with E-state index >= 15 is 0 Å². The topological polar surface area (TPSA) is 60.4 Å². The van der Waals surface area contributed by atoms with Crippen LogP contribution in [0.25, 0.3) is 0 Å². The lowest BCUT2D eigenvalue weighted by Crippen LogP contribution is -2.13. The second kappa shape index (κ2) is 3.74. The molecular weight excluding hydrogens is 228 g/mol. The molecule has 0 N–H and O–H groups in total. The summed E-state index contributed by atoms with van der Waals surface area (Å²) in [6.07, 6.45) is 2.73. The van der Waals surface area contributed by atoms with Gasteiger partial charge in [-0.3, -0.25) is 0 Å². The number of methoxy groups -OCH3 is 1. The molecule has 1 aliphatic rings. The lowest BCUT2D eigenvalue weighted by Gasteiger charge is -2.09. The molecular formula is C8H9ClO4S. The van der Waals surface area contributed by atoms with Crippen LogP contribution in [0.15, 0.2) is 22.6 Å². The zero-order valence-corrected chi connectivity index (χ0v) is 9.22. The number of allylic oxidation sites excluding steroid dienone is 3.